The predicted molar refractivity (Wildman–Crippen MR) is 64.0 cm³/mol. The number of H-pyrrole nitrogens is 1. The lowest BCUT2D eigenvalue weighted by molar-refractivity contribution is -0.394. The molecule has 1 aromatic carbocycles. The van der Waals surface area contributed by atoms with Crippen LogP contribution in [0.3, 0.4) is 0 Å². The van der Waals surface area contributed by atoms with Crippen molar-refractivity contribution in [3.63, 3.8) is 0 Å². The molecule has 0 fully saturated rings. The van der Waals surface area contributed by atoms with Crippen LogP contribution in [-0.2, 0) is 0 Å². The first-order valence-electron chi connectivity index (χ1n) is 5.02. The van der Waals surface area contributed by atoms with Gasteiger partial charge in [0.1, 0.15) is 6.20 Å². The lowest BCUT2D eigenvalue weighted by Gasteiger charge is -1.97. The second kappa shape index (κ2) is 4.72. The Morgan fingerprint density at radius 1 is 0.900 bits per heavy atom. The third kappa shape index (κ3) is 2.40. The molecule has 102 valence electrons. The molecule has 0 unspecified atom stereocenters. The summed E-state index contributed by atoms with van der Waals surface area (Å²) in [6, 6.07) is 2.87. The lowest BCUT2D eigenvalue weighted by Crippen LogP contribution is -1.94. The van der Waals surface area contributed by atoms with E-state index >= 15 is 0 Å². The van der Waals surface area contributed by atoms with Crippen molar-refractivity contribution in [2.75, 3.05) is 0 Å². The molecule has 1 N–H and O–H groups in total. The Hall–Kier alpha value is -3.37. The van der Waals surface area contributed by atoms with Crippen LogP contribution in [0.5, 0.6) is 0 Å². The fourth-order valence-corrected chi connectivity index (χ4v) is 1.49. The number of nitro groups is 3. The minimum absolute atomic E-state index is 0.0130. The topological polar surface area (TPSA) is 158 Å². The number of non-ortho nitro benzene ring substituents is 2. The van der Waals surface area contributed by atoms with Gasteiger partial charge in [-0.15, -0.1) is 0 Å². The van der Waals surface area contributed by atoms with Gasteiger partial charge >= 0.3 is 5.82 Å². The van der Waals surface area contributed by atoms with E-state index in [0.29, 0.717) is 0 Å². The smallest absolute Gasteiger partial charge is 0.340 e. The van der Waals surface area contributed by atoms with Crippen LogP contribution in [0.25, 0.3) is 11.4 Å². The van der Waals surface area contributed by atoms with Crippen LogP contribution < -0.4 is 0 Å². The third-order valence-corrected chi connectivity index (χ3v) is 2.36. The largest absolute Gasteiger partial charge is 0.358 e. The Bertz CT molecular complexity index is 691. The van der Waals surface area contributed by atoms with E-state index in [-0.39, 0.29) is 11.4 Å². The quantitative estimate of drug-likeness (QED) is 0.659. The van der Waals surface area contributed by atoms with Gasteiger partial charge in [0.25, 0.3) is 11.4 Å². The molecule has 0 radical (unpaired) electrons. The van der Waals surface area contributed by atoms with Gasteiger partial charge in [0.2, 0.25) is 5.82 Å². The minimum atomic E-state index is -0.798. The molecule has 20 heavy (non-hydrogen) atoms. The molecule has 11 nitrogen and oxygen atoms in total. The maximum absolute atomic E-state index is 10.7. The first-order chi connectivity index (χ1) is 9.38. The highest BCUT2D eigenvalue weighted by atomic mass is 16.6. The highest BCUT2D eigenvalue weighted by Gasteiger charge is 2.20. The number of hydrogen-bond donors (Lipinski definition) is 1. The van der Waals surface area contributed by atoms with Crippen LogP contribution in [0.1, 0.15) is 0 Å². The number of aromatic amines is 1. The lowest BCUT2D eigenvalue weighted by atomic mass is 10.1. The van der Waals surface area contributed by atoms with E-state index in [9.17, 15) is 30.3 Å². The number of hydrogen-bond acceptors (Lipinski definition) is 7. The normalized spacial score (nSPS) is 10.2. The van der Waals surface area contributed by atoms with Crippen LogP contribution in [-0.4, -0.2) is 24.7 Å². The summed E-state index contributed by atoms with van der Waals surface area (Å²) in [5, 5.41) is 31.9. The molecule has 0 atom stereocenters. The number of imidazole rings is 1. The van der Waals surface area contributed by atoms with Gasteiger partial charge < -0.3 is 10.1 Å². The Morgan fingerprint density at radius 3 is 1.85 bits per heavy atom. The maximum atomic E-state index is 10.7. The monoisotopic (exact) mass is 279 g/mol. The molecular weight excluding hydrogens is 274 g/mol. The molecular formula is C9H5N5O6. The van der Waals surface area contributed by atoms with E-state index in [1.807, 2.05) is 0 Å². The summed E-state index contributed by atoms with van der Waals surface area (Å²) in [6.45, 7) is 0. The molecule has 11 heteroatoms. The number of rotatable bonds is 4. The predicted octanol–water partition coefficient (Wildman–Crippen LogP) is 1.80. The van der Waals surface area contributed by atoms with Crippen molar-refractivity contribution in [2.45, 2.75) is 0 Å². The summed E-state index contributed by atoms with van der Waals surface area (Å²) < 4.78 is 0. The summed E-state index contributed by atoms with van der Waals surface area (Å²) in [7, 11) is 0. The van der Waals surface area contributed by atoms with Crippen LogP contribution in [0.15, 0.2) is 24.4 Å². The number of aromatic nitrogens is 2. The molecule has 0 aliphatic rings. The van der Waals surface area contributed by atoms with Crippen LogP contribution >= 0.6 is 0 Å². The van der Waals surface area contributed by atoms with Gasteiger partial charge in [-0.25, -0.2) is 9.97 Å². The van der Waals surface area contributed by atoms with E-state index in [4.69, 9.17) is 0 Å². The summed E-state index contributed by atoms with van der Waals surface area (Å²) in [6.07, 6.45) is 0.917. The van der Waals surface area contributed by atoms with Crippen molar-refractivity contribution in [1.82, 2.24) is 9.97 Å². The molecule has 0 saturated heterocycles. The summed E-state index contributed by atoms with van der Waals surface area (Å²) in [5.74, 6) is -0.488. The van der Waals surface area contributed by atoms with Crippen LogP contribution in [0.4, 0.5) is 17.2 Å². The number of nitrogens with zero attached hydrogens (tertiary/aromatic N) is 4. The Kier molecular flexibility index (Phi) is 3.08. The van der Waals surface area contributed by atoms with Crippen LogP contribution in [0.2, 0.25) is 0 Å². The van der Waals surface area contributed by atoms with Crippen molar-refractivity contribution in [1.29, 1.82) is 0 Å². The van der Waals surface area contributed by atoms with E-state index in [0.717, 1.165) is 24.4 Å². The van der Waals surface area contributed by atoms with Crippen molar-refractivity contribution >= 4 is 17.2 Å². The molecule has 2 rings (SSSR count). The summed E-state index contributed by atoms with van der Waals surface area (Å²) in [4.78, 5) is 35.6. The van der Waals surface area contributed by atoms with Gasteiger partial charge in [-0.1, -0.05) is 0 Å². The van der Waals surface area contributed by atoms with Gasteiger partial charge in [0.05, 0.1) is 21.5 Å². The SMILES string of the molecule is O=[N+]([O-])c1cc(-c2ncc([N+](=O)[O-])[nH]2)cc([N+](=O)[O-])c1. The zero-order chi connectivity index (χ0) is 14.9. The van der Waals surface area contributed by atoms with Crippen molar-refractivity contribution in [3.8, 4) is 11.4 Å². The van der Waals surface area contributed by atoms with Gasteiger partial charge in [-0.05, 0) is 4.92 Å². The number of benzene rings is 1. The van der Waals surface area contributed by atoms with Crippen molar-refractivity contribution in [2.24, 2.45) is 0 Å². The highest BCUT2D eigenvalue weighted by Crippen LogP contribution is 2.28. The molecule has 0 aliphatic heterocycles. The first-order valence-corrected chi connectivity index (χ1v) is 5.02. The standard InChI is InChI=1S/C9H5N5O6/c15-12(16)6-1-5(2-7(3-6)13(17)18)9-10-4-8(11-9)14(19)20/h1-4H,(H,10,11). The van der Waals surface area contributed by atoms with Gasteiger partial charge in [-0.2, -0.15) is 0 Å². The summed E-state index contributed by atoms with van der Waals surface area (Å²) >= 11 is 0. The Balaban J connectivity index is 2.57. The Morgan fingerprint density at radius 2 is 1.45 bits per heavy atom. The first kappa shape index (κ1) is 13.1. The van der Waals surface area contributed by atoms with E-state index in [2.05, 4.69) is 9.97 Å². The molecule has 1 heterocycles. The van der Waals surface area contributed by atoms with Gasteiger partial charge in [0.15, 0.2) is 0 Å². The van der Waals surface area contributed by atoms with Crippen molar-refractivity contribution < 1.29 is 14.8 Å². The minimum Gasteiger partial charge on any atom is -0.358 e. The second-order valence-corrected chi connectivity index (χ2v) is 3.63. The van der Waals surface area contributed by atoms with E-state index in [1.165, 1.54) is 0 Å². The van der Waals surface area contributed by atoms with E-state index in [1.54, 1.807) is 0 Å². The molecule has 0 saturated carbocycles. The molecule has 0 spiro atoms. The second-order valence-electron chi connectivity index (χ2n) is 3.63. The molecule has 0 aliphatic carbocycles. The van der Waals surface area contributed by atoms with E-state index < -0.39 is 32.0 Å². The average molecular weight is 279 g/mol. The van der Waals surface area contributed by atoms with Gasteiger partial charge in [0, 0.05) is 12.1 Å². The Labute approximate surface area is 109 Å². The zero-order valence-corrected chi connectivity index (χ0v) is 9.55. The fraction of sp³-hybridized carbons (Fsp3) is 0. The summed E-state index contributed by atoms with van der Waals surface area (Å²) in [5.41, 5.74) is -1.000. The van der Waals surface area contributed by atoms with Crippen molar-refractivity contribution in [3.05, 3.63) is 54.7 Å². The van der Waals surface area contributed by atoms with Gasteiger partial charge in [-0.3, -0.25) is 20.2 Å². The maximum Gasteiger partial charge on any atom is 0.340 e. The number of nitro benzene ring substituents is 2. The molecule has 0 amide bonds. The molecule has 1 aromatic heterocycles. The third-order valence-electron chi connectivity index (χ3n) is 2.36. The average Bonchev–Trinajstić information content (AvgIpc) is 2.87. The molecule has 2 aromatic rings. The van der Waals surface area contributed by atoms with Crippen LogP contribution in [0, 0.1) is 30.3 Å². The number of nitrogens with one attached hydrogen (secondary N) is 1. The fourth-order valence-electron chi connectivity index (χ4n) is 1.49. The zero-order valence-electron chi connectivity index (χ0n) is 9.55. The molecule has 0 bridgehead atoms. The highest BCUT2D eigenvalue weighted by molar-refractivity contribution is 5.65.